The molecule has 0 aliphatic carbocycles. The van der Waals surface area contributed by atoms with Crippen molar-refractivity contribution in [1.29, 1.82) is 0 Å². The van der Waals surface area contributed by atoms with Crippen molar-refractivity contribution >= 4 is 5.97 Å². The van der Waals surface area contributed by atoms with Crippen LogP contribution < -0.4 is 0 Å². The van der Waals surface area contributed by atoms with E-state index in [9.17, 15) is 15.0 Å². The molecule has 1 aromatic carbocycles. The molecule has 0 saturated carbocycles. The quantitative estimate of drug-likeness (QED) is 0.382. The summed E-state index contributed by atoms with van der Waals surface area (Å²) in [6, 6.07) is 9.81. The molecule has 1 aromatic rings. The van der Waals surface area contributed by atoms with Crippen molar-refractivity contribution in [3.8, 4) is 0 Å². The van der Waals surface area contributed by atoms with E-state index in [1.165, 1.54) is 0 Å². The van der Waals surface area contributed by atoms with Gasteiger partial charge in [0.05, 0.1) is 24.7 Å². The number of hydrogen-bond donors (Lipinski definition) is 2. The largest absolute Gasteiger partial charge is 0.481 e. The predicted octanol–water partition coefficient (Wildman–Crippen LogP) is 4.57. The number of rotatable bonds is 14. The second kappa shape index (κ2) is 12.7. The molecule has 0 amide bonds. The fraction of sp³-hybridized carbons (Fsp3) is 0.571. The molecule has 0 radical (unpaired) electrons. The molecule has 140 valence electrons. The Hall–Kier alpha value is -1.65. The van der Waals surface area contributed by atoms with Gasteiger partial charge in [-0.15, -0.1) is 6.58 Å². The third-order valence-corrected chi connectivity index (χ3v) is 4.41. The Bertz CT molecular complexity index is 486. The van der Waals surface area contributed by atoms with E-state index in [0.29, 0.717) is 25.9 Å². The third-order valence-electron chi connectivity index (χ3n) is 4.41. The molecule has 0 aliphatic rings. The van der Waals surface area contributed by atoms with Crippen LogP contribution in [0.15, 0.2) is 43.0 Å². The van der Waals surface area contributed by atoms with Gasteiger partial charge in [0.15, 0.2) is 0 Å². The fourth-order valence-corrected chi connectivity index (χ4v) is 2.91. The first kappa shape index (κ1) is 21.4. The zero-order valence-corrected chi connectivity index (χ0v) is 15.3. The van der Waals surface area contributed by atoms with E-state index in [1.807, 2.05) is 30.3 Å². The maximum absolute atomic E-state index is 11.5. The van der Waals surface area contributed by atoms with Crippen LogP contribution in [0.1, 0.15) is 57.4 Å². The number of carboxylic acids is 1. The van der Waals surface area contributed by atoms with Crippen LogP contribution in [0.2, 0.25) is 0 Å². The summed E-state index contributed by atoms with van der Waals surface area (Å²) in [7, 11) is 0. The first-order valence-electron chi connectivity index (χ1n) is 9.25. The van der Waals surface area contributed by atoms with Gasteiger partial charge in [0.25, 0.3) is 0 Å². The lowest BCUT2D eigenvalue weighted by molar-refractivity contribution is -0.147. The summed E-state index contributed by atoms with van der Waals surface area (Å²) >= 11 is 0. The van der Waals surface area contributed by atoms with Crippen LogP contribution in [0.4, 0.5) is 0 Å². The zero-order chi connectivity index (χ0) is 18.5. The number of aliphatic carboxylic acids is 1. The lowest BCUT2D eigenvalue weighted by Gasteiger charge is -2.24. The van der Waals surface area contributed by atoms with Crippen molar-refractivity contribution in [3.63, 3.8) is 0 Å². The highest BCUT2D eigenvalue weighted by atomic mass is 16.5. The molecule has 0 aliphatic heterocycles. The Morgan fingerprint density at radius 2 is 1.96 bits per heavy atom. The van der Waals surface area contributed by atoms with E-state index >= 15 is 0 Å². The summed E-state index contributed by atoms with van der Waals surface area (Å²) in [5.74, 6) is -1.66. The maximum atomic E-state index is 11.5. The second-order valence-corrected chi connectivity index (χ2v) is 6.54. The fourth-order valence-electron chi connectivity index (χ4n) is 2.91. The first-order valence-corrected chi connectivity index (χ1v) is 9.25. The highest BCUT2D eigenvalue weighted by Crippen LogP contribution is 2.21. The molecule has 25 heavy (non-hydrogen) atoms. The molecule has 0 bridgehead atoms. The molecule has 0 saturated heterocycles. The minimum atomic E-state index is -0.926. The Balaban J connectivity index is 2.54. The molecule has 0 heterocycles. The average Bonchev–Trinajstić information content (AvgIpc) is 2.60. The Morgan fingerprint density at radius 3 is 2.56 bits per heavy atom. The number of benzene rings is 1. The topological polar surface area (TPSA) is 66.8 Å². The molecule has 0 aromatic heterocycles. The van der Waals surface area contributed by atoms with Crippen molar-refractivity contribution in [2.45, 2.75) is 70.7 Å². The molecule has 1 rings (SSSR count). The summed E-state index contributed by atoms with van der Waals surface area (Å²) in [6.45, 7) is 6.30. The van der Waals surface area contributed by atoms with Gasteiger partial charge in [-0.1, -0.05) is 69.0 Å². The lowest BCUT2D eigenvalue weighted by Crippen LogP contribution is -2.32. The molecule has 0 spiro atoms. The normalized spacial score (nSPS) is 14.6. The average molecular weight is 348 g/mol. The van der Waals surface area contributed by atoms with E-state index in [-0.39, 0.29) is 6.10 Å². The third kappa shape index (κ3) is 8.84. The number of aliphatic hydroxyl groups excluding tert-OH is 1. The maximum Gasteiger partial charge on any atom is 0.309 e. The molecular weight excluding hydrogens is 316 g/mol. The monoisotopic (exact) mass is 348 g/mol. The molecule has 4 heteroatoms. The van der Waals surface area contributed by atoms with E-state index in [4.69, 9.17) is 4.74 Å². The number of ether oxygens (including phenoxy) is 1. The smallest absolute Gasteiger partial charge is 0.309 e. The van der Waals surface area contributed by atoms with Gasteiger partial charge < -0.3 is 14.9 Å². The summed E-state index contributed by atoms with van der Waals surface area (Å²) in [4.78, 5) is 11.5. The van der Waals surface area contributed by atoms with Crippen LogP contribution in [0.5, 0.6) is 0 Å². The highest BCUT2D eigenvalue weighted by molar-refractivity contribution is 5.70. The number of unbranched alkanes of at least 4 members (excludes halogenated alkanes) is 3. The number of carboxylic acid groups (broad SMARTS) is 1. The highest BCUT2D eigenvalue weighted by Gasteiger charge is 2.28. The Kier molecular flexibility index (Phi) is 10.8. The summed E-state index contributed by atoms with van der Waals surface area (Å²) in [6.07, 6.45) is 6.07. The van der Waals surface area contributed by atoms with Gasteiger partial charge in [-0.2, -0.15) is 0 Å². The van der Waals surface area contributed by atoms with Crippen molar-refractivity contribution in [2.75, 3.05) is 0 Å². The Labute approximate surface area is 151 Å². The Morgan fingerprint density at radius 1 is 1.24 bits per heavy atom. The van der Waals surface area contributed by atoms with Crippen LogP contribution in [-0.4, -0.2) is 28.4 Å². The van der Waals surface area contributed by atoms with E-state index in [1.54, 1.807) is 6.08 Å². The summed E-state index contributed by atoms with van der Waals surface area (Å²) < 4.78 is 5.89. The number of hydrogen-bond acceptors (Lipinski definition) is 3. The van der Waals surface area contributed by atoms with Crippen LogP contribution >= 0.6 is 0 Å². The lowest BCUT2D eigenvalue weighted by atomic mass is 9.91. The molecule has 3 atom stereocenters. The van der Waals surface area contributed by atoms with E-state index in [2.05, 4.69) is 13.5 Å². The number of aliphatic hydroxyl groups is 1. The van der Waals surface area contributed by atoms with Gasteiger partial charge in [0.2, 0.25) is 0 Å². The van der Waals surface area contributed by atoms with Gasteiger partial charge in [0, 0.05) is 6.42 Å². The standard InChI is InChI=1S/C21H32O4/c1-3-5-6-10-14-19(21(23)24)20(22)15-18(11-4-2)25-16-17-12-8-7-9-13-17/h4,7-9,12-13,18-20,22H,2-3,5-6,10-11,14-16H2,1H3,(H,23,24)/t18-,19-,20-/m1/s1. The van der Waals surface area contributed by atoms with Gasteiger partial charge >= 0.3 is 5.97 Å². The van der Waals surface area contributed by atoms with Crippen LogP contribution in [0.25, 0.3) is 0 Å². The zero-order valence-electron chi connectivity index (χ0n) is 15.3. The predicted molar refractivity (Wildman–Crippen MR) is 100 cm³/mol. The molecule has 2 N–H and O–H groups in total. The van der Waals surface area contributed by atoms with E-state index < -0.39 is 18.0 Å². The second-order valence-electron chi connectivity index (χ2n) is 6.54. The SMILES string of the molecule is C=CC[C@H](C[C@@H](O)[C@@H](CCCCCC)C(=O)O)OCc1ccccc1. The van der Waals surface area contributed by atoms with Gasteiger partial charge in [-0.3, -0.25) is 4.79 Å². The van der Waals surface area contributed by atoms with Crippen LogP contribution in [0.3, 0.4) is 0 Å². The van der Waals surface area contributed by atoms with Crippen molar-refractivity contribution in [1.82, 2.24) is 0 Å². The van der Waals surface area contributed by atoms with Gasteiger partial charge in [-0.25, -0.2) is 0 Å². The van der Waals surface area contributed by atoms with Crippen LogP contribution in [-0.2, 0) is 16.1 Å². The number of carbonyl (C=O) groups is 1. The van der Waals surface area contributed by atoms with E-state index in [0.717, 1.165) is 31.2 Å². The molecule has 4 nitrogen and oxygen atoms in total. The summed E-state index contributed by atoms with van der Waals surface area (Å²) in [5.41, 5.74) is 1.06. The van der Waals surface area contributed by atoms with Crippen molar-refractivity contribution in [3.05, 3.63) is 48.6 Å². The minimum absolute atomic E-state index is 0.231. The minimum Gasteiger partial charge on any atom is -0.481 e. The molecular formula is C21H32O4. The van der Waals surface area contributed by atoms with Crippen molar-refractivity contribution < 1.29 is 19.7 Å². The van der Waals surface area contributed by atoms with Crippen LogP contribution in [0, 0.1) is 5.92 Å². The van der Waals surface area contributed by atoms with Gasteiger partial charge in [0.1, 0.15) is 0 Å². The first-order chi connectivity index (χ1) is 12.1. The molecule has 0 fully saturated rings. The molecule has 0 unspecified atom stereocenters. The summed E-state index contributed by atoms with van der Waals surface area (Å²) in [5, 5.41) is 19.9. The van der Waals surface area contributed by atoms with Gasteiger partial charge in [-0.05, 0) is 18.4 Å². The van der Waals surface area contributed by atoms with Crippen molar-refractivity contribution in [2.24, 2.45) is 5.92 Å².